The molecule has 11 nitrogen and oxygen atoms in total. The van der Waals surface area contributed by atoms with Gasteiger partial charge in [-0.1, -0.05) is 5.16 Å². The van der Waals surface area contributed by atoms with E-state index in [1.54, 1.807) is 0 Å². The molecule has 0 radical (unpaired) electrons. The lowest BCUT2D eigenvalue weighted by molar-refractivity contribution is 0.122. The highest BCUT2D eigenvalue weighted by molar-refractivity contribution is 5.92. The average molecular weight is 441 g/mol. The number of morpholine rings is 1. The van der Waals surface area contributed by atoms with Crippen LogP contribution in [0.1, 0.15) is 12.0 Å². The van der Waals surface area contributed by atoms with E-state index in [9.17, 15) is 4.79 Å². The number of hydrogen-bond donors (Lipinski definition) is 3. The number of nitrogens with one attached hydrogen (secondary N) is 2. The van der Waals surface area contributed by atoms with Gasteiger partial charge in [0.25, 0.3) is 0 Å². The van der Waals surface area contributed by atoms with Crippen molar-refractivity contribution < 1.29 is 14.4 Å². The van der Waals surface area contributed by atoms with Crippen LogP contribution in [0.5, 0.6) is 0 Å². The van der Waals surface area contributed by atoms with Gasteiger partial charge in [0, 0.05) is 43.6 Å². The third kappa shape index (κ3) is 5.17. The Labute approximate surface area is 186 Å². The van der Waals surface area contributed by atoms with Crippen molar-refractivity contribution in [2.75, 3.05) is 67.4 Å². The van der Waals surface area contributed by atoms with Crippen molar-refractivity contribution in [3.8, 4) is 0 Å². The van der Waals surface area contributed by atoms with Crippen LogP contribution in [0.4, 0.5) is 27.8 Å². The number of amides is 2. The number of benzene rings is 1. The Balaban J connectivity index is 1.32. The zero-order chi connectivity index (χ0) is 22.3. The first-order valence-corrected chi connectivity index (χ1v) is 10.6. The fourth-order valence-corrected chi connectivity index (χ4v) is 3.88. The molecule has 2 amide bonds. The number of hydrogen-bond acceptors (Lipinski definition) is 9. The first-order chi connectivity index (χ1) is 15.6. The molecule has 0 spiro atoms. The molecule has 1 aromatic carbocycles. The van der Waals surface area contributed by atoms with Crippen molar-refractivity contribution in [1.82, 2.24) is 15.3 Å². The number of carbonyl (C=O) groups is 1. The maximum atomic E-state index is 12.5. The molecule has 2 saturated heterocycles. The summed E-state index contributed by atoms with van der Waals surface area (Å²) in [6.07, 6.45) is 3.70. The maximum absolute atomic E-state index is 12.5. The van der Waals surface area contributed by atoms with Gasteiger partial charge in [-0.15, -0.1) is 0 Å². The topological polar surface area (TPSA) is 130 Å². The Morgan fingerprint density at radius 3 is 2.75 bits per heavy atom. The molecule has 0 bridgehead atoms. The quantitative estimate of drug-likeness (QED) is 0.452. The van der Waals surface area contributed by atoms with E-state index in [0.717, 1.165) is 50.6 Å². The molecule has 170 valence electrons. The number of nitrogens with zero attached hydrogens (tertiary/aromatic N) is 5. The highest BCUT2D eigenvalue weighted by atomic mass is 16.6. The van der Waals surface area contributed by atoms with Crippen LogP contribution in [0.2, 0.25) is 0 Å². The highest BCUT2D eigenvalue weighted by Crippen LogP contribution is 2.24. The van der Waals surface area contributed by atoms with Gasteiger partial charge in [0.2, 0.25) is 0 Å². The fourth-order valence-electron chi connectivity index (χ4n) is 3.88. The number of nitrogens with two attached hydrogens (primary N) is 1. The van der Waals surface area contributed by atoms with E-state index in [2.05, 4.69) is 35.6 Å². The lowest BCUT2D eigenvalue weighted by atomic mass is 10.2. The number of urea groups is 1. The van der Waals surface area contributed by atoms with Crippen molar-refractivity contribution in [2.45, 2.75) is 12.5 Å². The number of nitrogen functional groups attached to an aromatic ring is 1. The van der Waals surface area contributed by atoms with Crippen LogP contribution in [0.3, 0.4) is 0 Å². The third-order valence-corrected chi connectivity index (χ3v) is 5.51. The van der Waals surface area contributed by atoms with Crippen molar-refractivity contribution >= 4 is 35.3 Å². The molecule has 32 heavy (non-hydrogen) atoms. The second-order valence-corrected chi connectivity index (χ2v) is 7.59. The SMILES string of the molecule is CON=Cc1c(N)ncnc1N1CCC(NC(=O)Nc2ccc(N3CCOCC3)cc2)C1. The Kier molecular flexibility index (Phi) is 6.85. The van der Waals surface area contributed by atoms with Crippen molar-refractivity contribution in [2.24, 2.45) is 5.16 Å². The van der Waals surface area contributed by atoms with E-state index in [4.69, 9.17) is 15.3 Å². The molecule has 3 heterocycles. The molecule has 1 aromatic heterocycles. The standard InChI is InChI=1S/C21H28N8O3/c1-31-25-12-18-19(22)23-14-24-20(18)29-7-6-16(13-29)27-21(30)26-15-2-4-17(5-3-15)28-8-10-32-11-9-28/h2-5,12,14,16H,6-11,13H2,1H3,(H2,22,23,24)(H2,26,27,30). The second kappa shape index (κ2) is 10.1. The minimum atomic E-state index is -0.237. The summed E-state index contributed by atoms with van der Waals surface area (Å²) < 4.78 is 5.39. The summed E-state index contributed by atoms with van der Waals surface area (Å²) in [5.41, 5.74) is 8.45. The first kappa shape index (κ1) is 21.6. The zero-order valence-corrected chi connectivity index (χ0v) is 18.0. The lowest BCUT2D eigenvalue weighted by Gasteiger charge is -2.28. The van der Waals surface area contributed by atoms with E-state index in [0.29, 0.717) is 23.7 Å². The number of anilines is 4. The zero-order valence-electron chi connectivity index (χ0n) is 18.0. The number of aromatic nitrogens is 2. The molecule has 0 aliphatic carbocycles. The summed E-state index contributed by atoms with van der Waals surface area (Å²) in [5.74, 6) is 0.993. The van der Waals surface area contributed by atoms with Gasteiger partial charge >= 0.3 is 6.03 Å². The summed E-state index contributed by atoms with van der Waals surface area (Å²) in [7, 11) is 1.46. The predicted molar refractivity (Wildman–Crippen MR) is 123 cm³/mol. The van der Waals surface area contributed by atoms with Gasteiger partial charge < -0.3 is 35.7 Å². The molecule has 2 aliphatic heterocycles. The van der Waals surface area contributed by atoms with Crippen LogP contribution in [-0.4, -0.2) is 74.8 Å². The second-order valence-electron chi connectivity index (χ2n) is 7.59. The summed E-state index contributed by atoms with van der Waals surface area (Å²) in [6, 6.07) is 7.60. The minimum Gasteiger partial charge on any atom is -0.399 e. The van der Waals surface area contributed by atoms with Gasteiger partial charge in [0.15, 0.2) is 0 Å². The third-order valence-electron chi connectivity index (χ3n) is 5.51. The normalized spacial score (nSPS) is 18.7. The van der Waals surface area contributed by atoms with Gasteiger partial charge in [-0.25, -0.2) is 14.8 Å². The van der Waals surface area contributed by atoms with Gasteiger partial charge in [0.1, 0.15) is 25.1 Å². The summed E-state index contributed by atoms with van der Waals surface area (Å²) in [6.45, 7) is 4.56. The largest absolute Gasteiger partial charge is 0.399 e. The highest BCUT2D eigenvalue weighted by Gasteiger charge is 2.27. The number of carbonyl (C=O) groups excluding carboxylic acids is 1. The van der Waals surface area contributed by atoms with E-state index in [1.165, 1.54) is 19.7 Å². The van der Waals surface area contributed by atoms with Gasteiger partial charge in [-0.3, -0.25) is 0 Å². The van der Waals surface area contributed by atoms with E-state index >= 15 is 0 Å². The van der Waals surface area contributed by atoms with Crippen LogP contribution in [-0.2, 0) is 9.57 Å². The van der Waals surface area contributed by atoms with Crippen LogP contribution in [0.25, 0.3) is 0 Å². The summed E-state index contributed by atoms with van der Waals surface area (Å²) >= 11 is 0. The van der Waals surface area contributed by atoms with Gasteiger partial charge in [0.05, 0.1) is 25.0 Å². The van der Waals surface area contributed by atoms with Gasteiger partial charge in [-0.05, 0) is 30.7 Å². The van der Waals surface area contributed by atoms with Crippen LogP contribution >= 0.6 is 0 Å². The van der Waals surface area contributed by atoms with Crippen LogP contribution in [0.15, 0.2) is 35.7 Å². The van der Waals surface area contributed by atoms with Crippen molar-refractivity contribution in [3.63, 3.8) is 0 Å². The Morgan fingerprint density at radius 1 is 1.22 bits per heavy atom. The monoisotopic (exact) mass is 440 g/mol. The van der Waals surface area contributed by atoms with Crippen molar-refractivity contribution in [3.05, 3.63) is 36.2 Å². The molecule has 1 atom stereocenters. The molecule has 4 N–H and O–H groups in total. The Hall–Kier alpha value is -3.60. The molecule has 1 unspecified atom stereocenters. The smallest absolute Gasteiger partial charge is 0.319 e. The molecule has 11 heteroatoms. The van der Waals surface area contributed by atoms with E-state index in [1.807, 2.05) is 24.3 Å². The molecule has 2 aliphatic rings. The average Bonchev–Trinajstić information content (AvgIpc) is 3.27. The lowest BCUT2D eigenvalue weighted by Crippen LogP contribution is -2.40. The first-order valence-electron chi connectivity index (χ1n) is 10.6. The fraction of sp³-hybridized carbons (Fsp3) is 0.429. The molecule has 2 aromatic rings. The van der Waals surface area contributed by atoms with E-state index < -0.39 is 0 Å². The van der Waals surface area contributed by atoms with Crippen LogP contribution < -0.4 is 26.2 Å². The maximum Gasteiger partial charge on any atom is 0.319 e. The summed E-state index contributed by atoms with van der Waals surface area (Å²) in [5, 5.41) is 9.72. The Morgan fingerprint density at radius 2 is 2.00 bits per heavy atom. The van der Waals surface area contributed by atoms with Gasteiger partial charge in [-0.2, -0.15) is 0 Å². The molecule has 2 fully saturated rings. The summed E-state index contributed by atoms with van der Waals surface area (Å²) in [4.78, 5) is 30.0. The number of ether oxygens (including phenoxy) is 1. The molecular formula is C21H28N8O3. The molecule has 4 rings (SSSR count). The molecule has 0 saturated carbocycles. The van der Waals surface area contributed by atoms with Crippen molar-refractivity contribution in [1.29, 1.82) is 0 Å². The number of oxime groups is 1. The van der Waals surface area contributed by atoms with Crippen LogP contribution in [0, 0.1) is 0 Å². The number of rotatable bonds is 6. The van der Waals surface area contributed by atoms with E-state index in [-0.39, 0.29) is 12.1 Å². The predicted octanol–water partition coefficient (Wildman–Crippen LogP) is 1.28. The minimum absolute atomic E-state index is 0.0222. The Bertz CT molecular complexity index is 947. The molecular weight excluding hydrogens is 412 g/mol.